The summed E-state index contributed by atoms with van der Waals surface area (Å²) in [6.07, 6.45) is 2.52. The molecule has 1 heterocycles. The Morgan fingerprint density at radius 2 is 2.18 bits per heavy atom. The highest BCUT2D eigenvalue weighted by molar-refractivity contribution is 5.78. The number of furan rings is 1. The van der Waals surface area contributed by atoms with Crippen LogP contribution in [0.4, 0.5) is 8.78 Å². The number of hydrogen-bond donors (Lipinski definition) is 1. The highest BCUT2D eigenvalue weighted by Crippen LogP contribution is 2.26. The van der Waals surface area contributed by atoms with Gasteiger partial charge in [0.25, 0.3) is 0 Å². The summed E-state index contributed by atoms with van der Waals surface area (Å²) in [6.45, 7) is 1.98. The predicted molar refractivity (Wildman–Crippen MR) is 63.0 cm³/mol. The second-order valence-corrected chi connectivity index (χ2v) is 4.08. The molecule has 1 aromatic heterocycles. The molecule has 1 N–H and O–H groups in total. The van der Waals surface area contributed by atoms with Crippen molar-refractivity contribution < 1.29 is 13.2 Å². The van der Waals surface area contributed by atoms with E-state index < -0.39 is 11.6 Å². The van der Waals surface area contributed by atoms with Gasteiger partial charge < -0.3 is 9.73 Å². The first-order valence-corrected chi connectivity index (χ1v) is 5.68. The molecule has 2 aromatic rings. The van der Waals surface area contributed by atoms with Crippen LogP contribution < -0.4 is 5.32 Å². The Morgan fingerprint density at radius 3 is 2.82 bits per heavy atom. The summed E-state index contributed by atoms with van der Waals surface area (Å²) in [7, 11) is 1.79. The van der Waals surface area contributed by atoms with Gasteiger partial charge in [-0.2, -0.15) is 0 Å². The molecule has 17 heavy (non-hydrogen) atoms. The van der Waals surface area contributed by atoms with E-state index in [-0.39, 0.29) is 17.2 Å². The van der Waals surface area contributed by atoms with Crippen LogP contribution in [-0.4, -0.2) is 13.1 Å². The van der Waals surface area contributed by atoms with Gasteiger partial charge in [-0.3, -0.25) is 0 Å². The number of benzene rings is 1. The zero-order chi connectivity index (χ0) is 12.4. The smallest absolute Gasteiger partial charge is 0.140 e. The fraction of sp³-hybridized carbons (Fsp3) is 0.385. The molecular formula is C13H15F2NO. The summed E-state index contributed by atoms with van der Waals surface area (Å²) in [5, 5.41) is 3.38. The molecule has 0 radical (unpaired) electrons. The van der Waals surface area contributed by atoms with E-state index >= 15 is 0 Å². The Labute approximate surface area is 98.6 Å². The van der Waals surface area contributed by atoms with Crippen molar-refractivity contribution >= 4 is 11.0 Å². The molecule has 0 saturated carbocycles. The van der Waals surface area contributed by atoms with E-state index in [0.29, 0.717) is 11.8 Å². The molecule has 1 atom stereocenters. The Hall–Kier alpha value is -1.42. The quantitative estimate of drug-likeness (QED) is 0.886. The fourth-order valence-electron chi connectivity index (χ4n) is 1.97. The van der Waals surface area contributed by atoms with E-state index in [1.54, 1.807) is 7.05 Å². The molecule has 4 heteroatoms. The van der Waals surface area contributed by atoms with Crippen molar-refractivity contribution in [1.29, 1.82) is 0 Å². The molecule has 1 aromatic carbocycles. The van der Waals surface area contributed by atoms with Crippen LogP contribution in [0.1, 0.15) is 18.9 Å². The molecule has 0 saturated heterocycles. The van der Waals surface area contributed by atoms with E-state index in [4.69, 9.17) is 4.42 Å². The summed E-state index contributed by atoms with van der Waals surface area (Å²) in [4.78, 5) is 0. The Kier molecular flexibility index (Phi) is 3.43. The first-order valence-electron chi connectivity index (χ1n) is 5.68. The second kappa shape index (κ2) is 4.84. The summed E-state index contributed by atoms with van der Waals surface area (Å²) in [5.74, 6) is -1.05. The molecule has 92 valence electrons. The third kappa shape index (κ3) is 2.17. The summed E-state index contributed by atoms with van der Waals surface area (Å²) < 4.78 is 32.8. The van der Waals surface area contributed by atoms with Crippen molar-refractivity contribution in [2.75, 3.05) is 7.05 Å². The minimum absolute atomic E-state index is 0.0725. The Balaban J connectivity index is 2.45. The van der Waals surface area contributed by atoms with Crippen LogP contribution in [0.25, 0.3) is 11.0 Å². The fourth-order valence-corrected chi connectivity index (χ4v) is 1.97. The number of hydrogen-bond acceptors (Lipinski definition) is 2. The molecule has 2 nitrogen and oxygen atoms in total. The van der Waals surface area contributed by atoms with Crippen LogP contribution in [-0.2, 0) is 6.42 Å². The van der Waals surface area contributed by atoms with Gasteiger partial charge in [0, 0.05) is 17.7 Å². The van der Waals surface area contributed by atoms with E-state index in [2.05, 4.69) is 5.32 Å². The molecule has 0 spiro atoms. The summed E-state index contributed by atoms with van der Waals surface area (Å²) in [6, 6.07) is 2.84. The normalized spacial score (nSPS) is 13.2. The van der Waals surface area contributed by atoms with Crippen molar-refractivity contribution in [2.24, 2.45) is 0 Å². The van der Waals surface area contributed by atoms with E-state index in [1.165, 1.54) is 18.4 Å². The van der Waals surface area contributed by atoms with Crippen LogP contribution >= 0.6 is 0 Å². The minimum Gasteiger partial charge on any atom is -0.464 e. The molecular weight excluding hydrogens is 224 g/mol. The van der Waals surface area contributed by atoms with Crippen LogP contribution in [0, 0.1) is 11.6 Å². The van der Waals surface area contributed by atoms with Gasteiger partial charge in [0.2, 0.25) is 0 Å². The van der Waals surface area contributed by atoms with Gasteiger partial charge in [0.1, 0.15) is 17.2 Å². The SMILES string of the molecule is CCC(Cc1c(F)cc2occc2c1F)NC. The molecule has 2 rings (SSSR count). The maximum Gasteiger partial charge on any atom is 0.140 e. The topological polar surface area (TPSA) is 25.2 Å². The van der Waals surface area contributed by atoms with Gasteiger partial charge in [-0.05, 0) is 26.0 Å². The number of fused-ring (bicyclic) bond motifs is 1. The van der Waals surface area contributed by atoms with Crippen molar-refractivity contribution in [3.63, 3.8) is 0 Å². The van der Waals surface area contributed by atoms with E-state index in [1.807, 2.05) is 6.92 Å². The van der Waals surface area contributed by atoms with E-state index in [9.17, 15) is 8.78 Å². The van der Waals surface area contributed by atoms with Gasteiger partial charge in [-0.15, -0.1) is 0 Å². The largest absolute Gasteiger partial charge is 0.464 e. The van der Waals surface area contributed by atoms with Crippen molar-refractivity contribution in [2.45, 2.75) is 25.8 Å². The van der Waals surface area contributed by atoms with Crippen LogP contribution in [0.5, 0.6) is 0 Å². The lowest BCUT2D eigenvalue weighted by atomic mass is 10.0. The lowest BCUT2D eigenvalue weighted by Gasteiger charge is -2.14. The van der Waals surface area contributed by atoms with Gasteiger partial charge in [0.05, 0.1) is 11.6 Å². The molecule has 0 amide bonds. The monoisotopic (exact) mass is 239 g/mol. The summed E-state index contributed by atoms with van der Waals surface area (Å²) >= 11 is 0. The molecule has 0 aliphatic heterocycles. The van der Waals surface area contributed by atoms with Gasteiger partial charge in [0.15, 0.2) is 0 Å². The van der Waals surface area contributed by atoms with Crippen molar-refractivity contribution in [3.8, 4) is 0 Å². The first-order chi connectivity index (χ1) is 8.17. The molecule has 0 fully saturated rings. The lowest BCUT2D eigenvalue weighted by molar-refractivity contribution is 0.497. The van der Waals surface area contributed by atoms with Gasteiger partial charge in [-0.1, -0.05) is 6.92 Å². The molecule has 0 bridgehead atoms. The summed E-state index contributed by atoms with van der Waals surface area (Å²) in [5.41, 5.74) is 0.376. The zero-order valence-electron chi connectivity index (χ0n) is 9.89. The second-order valence-electron chi connectivity index (χ2n) is 4.08. The first kappa shape index (κ1) is 12.0. The van der Waals surface area contributed by atoms with Gasteiger partial charge >= 0.3 is 0 Å². The number of rotatable bonds is 4. The standard InChI is InChI=1S/C13H15F2NO/c1-3-8(16-2)6-10-11(14)7-12-9(13(10)15)4-5-17-12/h4-5,7-8,16H,3,6H2,1-2H3. The Morgan fingerprint density at radius 1 is 1.41 bits per heavy atom. The Bertz CT molecular complexity index is 517. The predicted octanol–water partition coefficient (Wildman–Crippen LogP) is 3.25. The van der Waals surface area contributed by atoms with Crippen molar-refractivity contribution in [3.05, 3.63) is 35.6 Å². The maximum absolute atomic E-state index is 14.1. The van der Waals surface area contributed by atoms with Crippen LogP contribution in [0.3, 0.4) is 0 Å². The number of likely N-dealkylation sites (N-methyl/N-ethyl adjacent to an activating group) is 1. The molecule has 0 aliphatic rings. The minimum atomic E-state index is -0.543. The van der Waals surface area contributed by atoms with Crippen LogP contribution in [0.2, 0.25) is 0 Å². The highest BCUT2D eigenvalue weighted by atomic mass is 19.1. The molecule has 1 unspecified atom stereocenters. The average molecular weight is 239 g/mol. The van der Waals surface area contributed by atoms with E-state index in [0.717, 1.165) is 6.42 Å². The number of halogens is 2. The third-order valence-corrected chi connectivity index (χ3v) is 3.09. The maximum atomic E-state index is 14.1. The average Bonchev–Trinajstić information content (AvgIpc) is 2.77. The van der Waals surface area contributed by atoms with Crippen LogP contribution in [0.15, 0.2) is 22.8 Å². The zero-order valence-corrected chi connectivity index (χ0v) is 9.89. The third-order valence-electron chi connectivity index (χ3n) is 3.09. The van der Waals surface area contributed by atoms with Crippen molar-refractivity contribution in [1.82, 2.24) is 5.32 Å². The lowest BCUT2D eigenvalue weighted by Crippen LogP contribution is -2.27. The number of nitrogens with one attached hydrogen (secondary N) is 1. The highest BCUT2D eigenvalue weighted by Gasteiger charge is 2.17. The molecule has 0 aliphatic carbocycles. The van der Waals surface area contributed by atoms with Gasteiger partial charge in [-0.25, -0.2) is 8.78 Å².